The molecule has 0 unspecified atom stereocenters. The van der Waals surface area contributed by atoms with Crippen LogP contribution in [0.25, 0.3) is 33.4 Å². The largest absolute Gasteiger partial charge is 0.478 e. The molecule has 26 nitrogen and oxygen atoms in total. The Labute approximate surface area is 760 Å². The molecule has 698 valence electrons. The molecule has 0 radical (unpaired) electrons. The Kier molecular flexibility index (Phi) is 29.1. The number of hydroxylamine groups is 6. The number of nitrogens with one attached hydrogen (secondary N) is 5. The maximum Gasteiger partial charge on any atom is 0.335 e. The molecule has 6 bridgehead atoms. The van der Waals surface area contributed by atoms with Crippen LogP contribution in [-0.2, 0) is 48.5 Å². The van der Waals surface area contributed by atoms with Crippen molar-refractivity contribution in [2.75, 3.05) is 60.1 Å². The number of aromatic carboxylic acids is 1. The molecule has 0 aromatic heterocycles. The van der Waals surface area contributed by atoms with Gasteiger partial charge < -0.3 is 72.1 Å². The maximum atomic E-state index is 14.0. The normalized spacial score (nSPS) is 33.1. The zero-order valence-electron chi connectivity index (χ0n) is 77.6. The van der Waals surface area contributed by atoms with E-state index in [2.05, 4.69) is 113 Å². The zero-order chi connectivity index (χ0) is 92.1. The summed E-state index contributed by atoms with van der Waals surface area (Å²) in [5.41, 5.74) is 10.5. The molecule has 26 atom stereocenters. The highest BCUT2D eigenvalue weighted by molar-refractivity contribution is 5.97. The van der Waals surface area contributed by atoms with Crippen LogP contribution in [0.2, 0.25) is 0 Å². The number of rotatable bonds is 26. The van der Waals surface area contributed by atoms with Gasteiger partial charge in [-0.2, -0.15) is 15.2 Å². The summed E-state index contributed by atoms with van der Waals surface area (Å²) >= 11 is 0. The highest BCUT2D eigenvalue weighted by Crippen LogP contribution is 2.64. The number of hydrogen-bond donors (Lipinski definition) is 12. The third kappa shape index (κ3) is 20.0. The number of fused-ring (bicyclic) bond motifs is 6. The van der Waals surface area contributed by atoms with Crippen molar-refractivity contribution in [2.24, 2.45) is 87.3 Å². The fourth-order valence-electron chi connectivity index (χ4n) is 24.7. The molecule has 9 aliphatic carbocycles. The number of carboxylic acids is 1. The maximum absolute atomic E-state index is 14.0. The lowest BCUT2D eigenvalue weighted by Crippen LogP contribution is -2.62. The predicted octanol–water partition coefficient (Wildman–Crippen LogP) is 10.6. The van der Waals surface area contributed by atoms with Crippen molar-refractivity contribution in [3.63, 3.8) is 0 Å². The molecule has 6 aromatic carbocycles. The second-order valence-electron chi connectivity index (χ2n) is 41.8. The molecule has 5 saturated heterocycles. The lowest BCUT2D eigenvalue weighted by atomic mass is 9.45. The van der Waals surface area contributed by atoms with Gasteiger partial charge in [0.05, 0.1) is 63.3 Å². The van der Waals surface area contributed by atoms with Gasteiger partial charge in [-0.3, -0.25) is 38.5 Å². The molecule has 5 heterocycles. The first-order valence-electron chi connectivity index (χ1n) is 47.3. The number of likely N-dealkylation sites (N-methyl/N-ethyl adjacent to an activating group) is 2. The van der Waals surface area contributed by atoms with Gasteiger partial charge in [0.2, 0.25) is 17.7 Å². The SMILES string of the molecule is C[C@@H]1[C@@H](NC(=O)[C@@H]2[C@H]([C@H](C)O)[C@H](CO)ON2Cc2cccc(-c3cccc(C(=O)N[C@H]4CCN(C)C4)c3)c2)C[C@H]2C[C@@H]1C2(C)C.C[C@@H]1[C@@H](NC(=O)[C@@H]2[C@H]([C@H](C)O)[C@H](CO)ON2Cc2cccc(-c3cccc(C(=O)N[C@H]4CCN(C)C4)c3)c2)C[C@H]2C[C@@H]1C2(C)C.C[C@@H]1[C@@H](NC(=O)[C@@H]2[C@H]([C@H](C)O)[C@H](CO)ON2Cc2cccc(-c3cccc(C(=O)O)c3)c2)C[C@H]2C[C@@H]1C2(C)C. The second-order valence-corrected chi connectivity index (χ2v) is 41.8. The summed E-state index contributed by atoms with van der Waals surface area (Å²) in [4.78, 5) is 102. The first-order valence-corrected chi connectivity index (χ1v) is 47.3. The molecule has 9 saturated carbocycles. The molecule has 5 aliphatic heterocycles. The van der Waals surface area contributed by atoms with Crippen LogP contribution in [0.4, 0.5) is 0 Å². The Morgan fingerprint density at radius 2 is 0.667 bits per heavy atom. The van der Waals surface area contributed by atoms with Crippen molar-refractivity contribution in [3.8, 4) is 33.4 Å². The van der Waals surface area contributed by atoms with Crippen LogP contribution >= 0.6 is 0 Å². The fourth-order valence-corrected chi connectivity index (χ4v) is 24.7. The van der Waals surface area contributed by atoms with Gasteiger partial charge in [0, 0.05) is 72.2 Å². The van der Waals surface area contributed by atoms with Crippen LogP contribution in [0.1, 0.15) is 182 Å². The average Bonchev–Trinajstić information content (AvgIpc) is 1.10. The van der Waals surface area contributed by atoms with Gasteiger partial charge in [-0.15, -0.1) is 0 Å². The van der Waals surface area contributed by atoms with Gasteiger partial charge in [-0.05, 0) is 273 Å². The fraction of sp³-hybridized carbons (Fsp3) is 0.592. The minimum atomic E-state index is -0.986. The molecule has 20 rings (SSSR count). The molecule has 14 aliphatic rings. The lowest BCUT2D eigenvalue weighted by Gasteiger charge is -2.62. The van der Waals surface area contributed by atoms with Crippen LogP contribution in [0.5, 0.6) is 0 Å². The average molecular weight is 1770 g/mol. The van der Waals surface area contributed by atoms with E-state index in [0.717, 1.165) is 108 Å². The third-order valence-corrected chi connectivity index (χ3v) is 32.8. The molecular formula is C103H140N10O16. The monoisotopic (exact) mass is 1770 g/mol. The molecule has 0 spiro atoms. The van der Waals surface area contributed by atoms with Crippen LogP contribution in [-0.4, -0.2) is 241 Å². The number of hydrogen-bond acceptors (Lipinski definition) is 20. The van der Waals surface area contributed by atoms with E-state index in [1.165, 1.54) is 19.3 Å². The van der Waals surface area contributed by atoms with Crippen molar-refractivity contribution in [1.29, 1.82) is 0 Å². The number of nitrogens with zero attached hydrogens (tertiary/aromatic N) is 5. The lowest BCUT2D eigenvalue weighted by molar-refractivity contribution is -0.183. The molecule has 6 aromatic rings. The smallest absolute Gasteiger partial charge is 0.335 e. The van der Waals surface area contributed by atoms with Gasteiger partial charge in [-0.1, -0.05) is 153 Å². The minimum Gasteiger partial charge on any atom is -0.478 e. The first kappa shape index (κ1) is 95.2. The molecule has 14 fully saturated rings. The summed E-state index contributed by atoms with van der Waals surface area (Å²) in [6.45, 7) is 29.4. The molecule has 12 N–H and O–H groups in total. The minimum absolute atomic E-state index is 0.0695. The number of benzene rings is 6. The molecule has 5 amide bonds. The van der Waals surface area contributed by atoms with Crippen LogP contribution in [0.3, 0.4) is 0 Å². The Morgan fingerprint density at radius 1 is 0.395 bits per heavy atom. The van der Waals surface area contributed by atoms with E-state index in [1.54, 1.807) is 54.2 Å². The second kappa shape index (κ2) is 39.4. The van der Waals surface area contributed by atoms with Gasteiger partial charge in [0.25, 0.3) is 11.8 Å². The van der Waals surface area contributed by atoms with Crippen molar-refractivity contribution in [2.45, 2.75) is 239 Å². The number of carbonyl (C=O) groups is 6. The molecular weight excluding hydrogens is 1630 g/mol. The van der Waals surface area contributed by atoms with E-state index in [1.807, 2.05) is 127 Å². The number of carbonyl (C=O) groups excluding carboxylic acids is 5. The summed E-state index contributed by atoms with van der Waals surface area (Å²) in [5, 5.41) is 93.1. The number of aliphatic hydroxyl groups is 6. The molecule has 129 heavy (non-hydrogen) atoms. The molecule has 26 heteroatoms. The summed E-state index contributed by atoms with van der Waals surface area (Å²) in [6.07, 6.45) is 3.83. The zero-order valence-corrected chi connectivity index (χ0v) is 77.6. The van der Waals surface area contributed by atoms with Crippen molar-refractivity contribution < 1.29 is 79.0 Å². The standard InChI is InChI=1S/2C36H50N4O5.C31H40N2O6/c2*1-21-29-16-27(36(29,3)4)17-30(21)38-35(44)33-32(22(2)42)31(20-41)45-40(33)18-23-8-6-9-24(14-23)25-10-7-11-26(15-25)34(43)37-28-12-13-39(5)19-28;1-17-24-13-23(31(24,3)4)14-25(17)32-29(36)28-27(18(2)35)26(16-34)39-33(28)15-19-7-5-8-20(11-19)21-9-6-10-22(12-21)30(37)38/h2*6-11,14-15,21-22,27-33,41-42H,12-13,16-20H2,1-5H3,(H,37,43)(H,38,44);5-12,17-18,23-28,34-35H,13-16H2,1-4H3,(H,32,36)(H,37,38)/t2*21-,22-,27+,28-,29-,30-,31-,32+,33-;17-,18-,23+,24-,25-,26-,27+,28-/m000/s1. The van der Waals surface area contributed by atoms with E-state index in [0.29, 0.717) is 93.7 Å². The van der Waals surface area contributed by atoms with E-state index < -0.39 is 78.5 Å². The number of amides is 5. The van der Waals surface area contributed by atoms with E-state index in [-0.39, 0.29) is 91.7 Å². The number of carboxylic acid groups (broad SMARTS) is 1. The number of likely N-dealkylation sites (tertiary alicyclic amines) is 2. The Morgan fingerprint density at radius 3 is 0.915 bits per heavy atom. The summed E-state index contributed by atoms with van der Waals surface area (Å²) < 4.78 is 0. The van der Waals surface area contributed by atoms with Crippen LogP contribution < -0.4 is 26.6 Å². The van der Waals surface area contributed by atoms with Crippen LogP contribution in [0, 0.1) is 87.3 Å². The summed E-state index contributed by atoms with van der Waals surface area (Å²) in [7, 11) is 4.13. The van der Waals surface area contributed by atoms with Gasteiger partial charge in [-0.25, -0.2) is 4.79 Å². The predicted molar refractivity (Wildman–Crippen MR) is 492 cm³/mol. The van der Waals surface area contributed by atoms with Crippen molar-refractivity contribution in [3.05, 3.63) is 179 Å². The highest BCUT2D eigenvalue weighted by Gasteiger charge is 2.61. The third-order valence-electron chi connectivity index (χ3n) is 32.8. The first-order chi connectivity index (χ1) is 61.4. The van der Waals surface area contributed by atoms with E-state index in [9.17, 15) is 64.5 Å². The summed E-state index contributed by atoms with van der Waals surface area (Å²) in [6, 6.07) is 44.0. The Bertz CT molecular complexity index is 4780. The topological polar surface area (TPSA) is 348 Å². The van der Waals surface area contributed by atoms with Gasteiger partial charge >= 0.3 is 5.97 Å². The summed E-state index contributed by atoms with van der Waals surface area (Å²) in [5.74, 6) is 1.33. The Hall–Kier alpha value is -8.42. The Balaban J connectivity index is 0.000000149. The van der Waals surface area contributed by atoms with Crippen molar-refractivity contribution in [1.82, 2.24) is 51.6 Å². The van der Waals surface area contributed by atoms with Crippen molar-refractivity contribution >= 4 is 35.5 Å². The van der Waals surface area contributed by atoms with E-state index >= 15 is 0 Å². The quantitative estimate of drug-likeness (QED) is 0.0240. The van der Waals surface area contributed by atoms with Crippen LogP contribution in [0.15, 0.2) is 146 Å². The van der Waals surface area contributed by atoms with E-state index in [4.69, 9.17) is 14.5 Å². The highest BCUT2D eigenvalue weighted by atomic mass is 16.7. The van der Waals surface area contributed by atoms with Gasteiger partial charge in [0.1, 0.15) is 36.4 Å². The van der Waals surface area contributed by atoms with Gasteiger partial charge in [0.15, 0.2) is 0 Å². The number of aliphatic hydroxyl groups excluding tert-OH is 6.